The number of hydrogen-bond acceptors (Lipinski definition) is 3. The second-order valence-corrected chi connectivity index (χ2v) is 6.50. The van der Waals surface area contributed by atoms with Crippen molar-refractivity contribution < 1.29 is 4.74 Å². The summed E-state index contributed by atoms with van der Waals surface area (Å²) in [7, 11) is 1.71. The van der Waals surface area contributed by atoms with Gasteiger partial charge in [-0.1, -0.05) is 25.5 Å². The predicted molar refractivity (Wildman–Crippen MR) is 88.8 cm³/mol. The molecule has 1 aliphatic carbocycles. The molecule has 2 N–H and O–H groups in total. The van der Waals surface area contributed by atoms with Gasteiger partial charge in [0, 0.05) is 18.1 Å². The van der Waals surface area contributed by atoms with Gasteiger partial charge in [0.25, 0.3) is 0 Å². The van der Waals surface area contributed by atoms with Crippen molar-refractivity contribution in [2.45, 2.75) is 57.5 Å². The van der Waals surface area contributed by atoms with E-state index in [2.05, 4.69) is 30.9 Å². The van der Waals surface area contributed by atoms with Crippen LogP contribution in [0.25, 0.3) is 0 Å². The number of nitrogens with zero attached hydrogens (tertiary/aromatic N) is 1. The molecule has 0 aromatic heterocycles. The highest BCUT2D eigenvalue weighted by atomic mass is 16.5. The molecule has 21 heavy (non-hydrogen) atoms. The molecule has 1 fully saturated rings. The van der Waals surface area contributed by atoms with Gasteiger partial charge in [-0.25, -0.2) is 0 Å². The topological polar surface area (TPSA) is 38.5 Å². The monoisotopic (exact) mass is 290 g/mol. The Morgan fingerprint density at radius 2 is 1.95 bits per heavy atom. The third kappa shape index (κ3) is 4.21. The molecule has 1 unspecified atom stereocenters. The smallest absolute Gasteiger partial charge is 0.118 e. The van der Waals surface area contributed by atoms with Gasteiger partial charge in [0.1, 0.15) is 5.75 Å². The minimum Gasteiger partial charge on any atom is -0.497 e. The average Bonchev–Trinajstić information content (AvgIpc) is 3.33. The highest BCUT2D eigenvalue weighted by molar-refractivity contribution is 5.28. The first kappa shape index (κ1) is 16.3. The molecule has 1 aromatic carbocycles. The molecule has 0 radical (unpaired) electrons. The van der Waals surface area contributed by atoms with Crippen molar-refractivity contribution in [2.75, 3.05) is 20.2 Å². The van der Waals surface area contributed by atoms with Crippen LogP contribution in [0.4, 0.5) is 0 Å². The fraction of sp³-hybridized carbons (Fsp3) is 0.667. The van der Waals surface area contributed by atoms with E-state index in [0.717, 1.165) is 18.2 Å². The zero-order chi connectivity index (χ0) is 15.3. The molecule has 0 bridgehead atoms. The highest BCUT2D eigenvalue weighted by Crippen LogP contribution is 2.34. The SMILES string of the molecule is CCCCN(C1CC1)C(C)(CN)Cc1ccc(OC)cc1. The summed E-state index contributed by atoms with van der Waals surface area (Å²) in [6, 6.07) is 9.16. The Morgan fingerprint density at radius 1 is 1.29 bits per heavy atom. The lowest BCUT2D eigenvalue weighted by atomic mass is 9.90. The van der Waals surface area contributed by atoms with Crippen LogP contribution in [0.15, 0.2) is 24.3 Å². The number of rotatable bonds is 9. The lowest BCUT2D eigenvalue weighted by Gasteiger charge is -2.41. The van der Waals surface area contributed by atoms with Gasteiger partial charge < -0.3 is 10.5 Å². The molecule has 0 amide bonds. The van der Waals surface area contributed by atoms with Crippen molar-refractivity contribution in [3.05, 3.63) is 29.8 Å². The summed E-state index contributed by atoms with van der Waals surface area (Å²) in [5.41, 5.74) is 7.58. The van der Waals surface area contributed by atoms with Gasteiger partial charge in [-0.15, -0.1) is 0 Å². The van der Waals surface area contributed by atoms with Crippen LogP contribution in [-0.4, -0.2) is 36.7 Å². The van der Waals surface area contributed by atoms with Crippen molar-refractivity contribution in [2.24, 2.45) is 5.73 Å². The zero-order valence-corrected chi connectivity index (χ0v) is 13.8. The van der Waals surface area contributed by atoms with E-state index >= 15 is 0 Å². The van der Waals surface area contributed by atoms with Crippen LogP contribution in [0, 0.1) is 0 Å². The molecule has 3 heteroatoms. The Morgan fingerprint density at radius 3 is 2.43 bits per heavy atom. The summed E-state index contributed by atoms with van der Waals surface area (Å²) < 4.78 is 5.24. The number of ether oxygens (including phenoxy) is 1. The first-order valence-corrected chi connectivity index (χ1v) is 8.22. The molecular weight excluding hydrogens is 260 g/mol. The second-order valence-electron chi connectivity index (χ2n) is 6.50. The van der Waals surface area contributed by atoms with Crippen LogP contribution in [-0.2, 0) is 6.42 Å². The lowest BCUT2D eigenvalue weighted by molar-refractivity contribution is 0.0985. The van der Waals surface area contributed by atoms with E-state index in [1.165, 1.54) is 37.8 Å². The van der Waals surface area contributed by atoms with E-state index in [-0.39, 0.29) is 5.54 Å². The summed E-state index contributed by atoms with van der Waals surface area (Å²) in [6.07, 6.45) is 6.18. The van der Waals surface area contributed by atoms with E-state index in [4.69, 9.17) is 10.5 Å². The van der Waals surface area contributed by atoms with Crippen molar-refractivity contribution >= 4 is 0 Å². The molecule has 0 heterocycles. The zero-order valence-electron chi connectivity index (χ0n) is 13.8. The van der Waals surface area contributed by atoms with Crippen molar-refractivity contribution in [1.29, 1.82) is 0 Å². The molecule has 2 rings (SSSR count). The molecule has 1 saturated carbocycles. The van der Waals surface area contributed by atoms with E-state index in [1.807, 2.05) is 12.1 Å². The van der Waals surface area contributed by atoms with Gasteiger partial charge >= 0.3 is 0 Å². The maximum atomic E-state index is 6.18. The quantitative estimate of drug-likeness (QED) is 0.759. The number of methoxy groups -OCH3 is 1. The third-order valence-corrected chi connectivity index (χ3v) is 4.62. The van der Waals surface area contributed by atoms with Crippen molar-refractivity contribution in [3.63, 3.8) is 0 Å². The van der Waals surface area contributed by atoms with Crippen LogP contribution in [0.3, 0.4) is 0 Å². The Balaban J connectivity index is 2.09. The molecule has 118 valence electrons. The predicted octanol–water partition coefficient (Wildman–Crippen LogP) is 3.22. The Bertz CT molecular complexity index is 427. The number of nitrogens with two attached hydrogens (primary N) is 1. The van der Waals surface area contributed by atoms with Gasteiger partial charge in [-0.05, 0) is 56.8 Å². The Kier molecular flexibility index (Phi) is 5.65. The molecule has 0 saturated heterocycles. The molecule has 1 atom stereocenters. The van der Waals surface area contributed by atoms with Gasteiger partial charge in [-0.2, -0.15) is 0 Å². The Hall–Kier alpha value is -1.06. The summed E-state index contributed by atoms with van der Waals surface area (Å²) in [6.45, 7) is 6.46. The third-order valence-electron chi connectivity index (χ3n) is 4.62. The van der Waals surface area contributed by atoms with Gasteiger partial charge in [-0.3, -0.25) is 4.90 Å². The number of unbranched alkanes of at least 4 members (excludes halogenated alkanes) is 1. The Labute approximate surface area is 129 Å². The first-order valence-electron chi connectivity index (χ1n) is 8.22. The summed E-state index contributed by atoms with van der Waals surface area (Å²) in [5, 5.41) is 0. The minimum atomic E-state index is 0.0604. The minimum absolute atomic E-state index is 0.0604. The normalized spacial score (nSPS) is 17.8. The van der Waals surface area contributed by atoms with Gasteiger partial charge in [0.15, 0.2) is 0 Å². The standard InChI is InChI=1S/C18H30N2O/c1-4-5-12-20(16-8-9-16)18(2,14-19)13-15-6-10-17(21-3)11-7-15/h6-7,10-11,16H,4-5,8-9,12-14,19H2,1-3H3. The van der Waals surface area contributed by atoms with Crippen molar-refractivity contribution in [1.82, 2.24) is 4.90 Å². The van der Waals surface area contributed by atoms with Crippen molar-refractivity contribution in [3.8, 4) is 5.75 Å². The van der Waals surface area contributed by atoms with Crippen LogP contribution < -0.4 is 10.5 Å². The van der Waals surface area contributed by atoms with Crippen LogP contribution in [0.1, 0.15) is 45.1 Å². The van der Waals surface area contributed by atoms with E-state index < -0.39 is 0 Å². The molecule has 0 spiro atoms. The largest absolute Gasteiger partial charge is 0.497 e. The van der Waals surface area contributed by atoms with Gasteiger partial charge in [0.2, 0.25) is 0 Å². The average molecular weight is 290 g/mol. The summed E-state index contributed by atoms with van der Waals surface area (Å²) in [4.78, 5) is 2.67. The fourth-order valence-corrected chi connectivity index (χ4v) is 3.08. The lowest BCUT2D eigenvalue weighted by Crippen LogP contribution is -2.54. The van der Waals surface area contributed by atoms with E-state index in [0.29, 0.717) is 6.54 Å². The van der Waals surface area contributed by atoms with E-state index in [9.17, 15) is 0 Å². The molecule has 1 aromatic rings. The van der Waals surface area contributed by atoms with Crippen LogP contribution in [0.5, 0.6) is 5.75 Å². The molecule has 1 aliphatic rings. The van der Waals surface area contributed by atoms with Crippen LogP contribution in [0.2, 0.25) is 0 Å². The first-order chi connectivity index (χ1) is 10.1. The number of hydrogen-bond donors (Lipinski definition) is 1. The molecular formula is C18H30N2O. The second kappa shape index (κ2) is 7.28. The maximum Gasteiger partial charge on any atom is 0.118 e. The van der Waals surface area contributed by atoms with Crippen LogP contribution >= 0.6 is 0 Å². The molecule has 3 nitrogen and oxygen atoms in total. The number of benzene rings is 1. The highest BCUT2D eigenvalue weighted by Gasteiger charge is 2.39. The fourth-order valence-electron chi connectivity index (χ4n) is 3.08. The molecule has 0 aliphatic heterocycles. The van der Waals surface area contributed by atoms with Gasteiger partial charge in [0.05, 0.1) is 7.11 Å². The maximum absolute atomic E-state index is 6.18. The van der Waals surface area contributed by atoms with E-state index in [1.54, 1.807) is 7.11 Å². The summed E-state index contributed by atoms with van der Waals surface area (Å²) in [5.74, 6) is 0.915. The summed E-state index contributed by atoms with van der Waals surface area (Å²) >= 11 is 0.